The van der Waals surface area contributed by atoms with Crippen LogP contribution in [0.4, 0.5) is 0 Å². The van der Waals surface area contributed by atoms with Gasteiger partial charge in [0.15, 0.2) is 5.78 Å². The third-order valence-corrected chi connectivity index (χ3v) is 2.73. The highest BCUT2D eigenvalue weighted by molar-refractivity contribution is 5.94. The van der Waals surface area contributed by atoms with Gasteiger partial charge in [-0.1, -0.05) is 0 Å². The van der Waals surface area contributed by atoms with E-state index in [1.165, 1.54) is 0 Å². The molecule has 0 amide bonds. The van der Waals surface area contributed by atoms with Gasteiger partial charge in [0.05, 0.1) is 12.5 Å². The maximum atomic E-state index is 11.7. The van der Waals surface area contributed by atoms with Crippen molar-refractivity contribution in [3.05, 3.63) is 18.2 Å². The second-order valence-electron chi connectivity index (χ2n) is 3.79. The number of ketones is 1. The molecule has 0 saturated carbocycles. The Morgan fingerprint density at radius 3 is 2.93 bits per heavy atom. The zero-order chi connectivity index (χ0) is 9.80. The SMILES string of the molecule is O=C(CC1CCNCC1)c1cnc[nH]1. The molecule has 1 fully saturated rings. The molecule has 1 aliphatic rings. The first-order valence-electron chi connectivity index (χ1n) is 5.08. The van der Waals surface area contributed by atoms with Crippen LogP contribution in [0, 0.1) is 5.92 Å². The Labute approximate surface area is 83.1 Å². The molecule has 0 aliphatic carbocycles. The maximum Gasteiger partial charge on any atom is 0.180 e. The monoisotopic (exact) mass is 193 g/mol. The van der Waals surface area contributed by atoms with Gasteiger partial charge in [-0.3, -0.25) is 4.79 Å². The molecular formula is C10H15N3O. The van der Waals surface area contributed by atoms with Gasteiger partial charge in [0.1, 0.15) is 5.69 Å². The molecular weight excluding hydrogens is 178 g/mol. The van der Waals surface area contributed by atoms with Crippen molar-refractivity contribution >= 4 is 5.78 Å². The Morgan fingerprint density at radius 1 is 1.50 bits per heavy atom. The van der Waals surface area contributed by atoms with Crippen LogP contribution in [0.2, 0.25) is 0 Å². The number of piperidine rings is 1. The van der Waals surface area contributed by atoms with Crippen molar-refractivity contribution in [1.29, 1.82) is 0 Å². The van der Waals surface area contributed by atoms with Crippen molar-refractivity contribution in [2.24, 2.45) is 5.92 Å². The first-order valence-corrected chi connectivity index (χ1v) is 5.08. The molecule has 0 spiro atoms. The van der Waals surface area contributed by atoms with Crippen LogP contribution >= 0.6 is 0 Å². The van der Waals surface area contributed by atoms with Crippen LogP contribution in [0.3, 0.4) is 0 Å². The third kappa shape index (κ3) is 2.20. The number of carbonyl (C=O) groups excluding carboxylic acids is 1. The summed E-state index contributed by atoms with van der Waals surface area (Å²) < 4.78 is 0. The van der Waals surface area contributed by atoms with E-state index in [4.69, 9.17) is 0 Å². The van der Waals surface area contributed by atoms with Gasteiger partial charge >= 0.3 is 0 Å². The first kappa shape index (κ1) is 9.40. The molecule has 4 nitrogen and oxygen atoms in total. The number of hydrogen-bond donors (Lipinski definition) is 2. The van der Waals surface area contributed by atoms with Gasteiger partial charge in [-0.15, -0.1) is 0 Å². The predicted molar refractivity (Wildman–Crippen MR) is 53.1 cm³/mol. The summed E-state index contributed by atoms with van der Waals surface area (Å²) in [5.41, 5.74) is 0.642. The van der Waals surface area contributed by atoms with E-state index in [1.54, 1.807) is 12.5 Å². The van der Waals surface area contributed by atoms with Crippen LogP contribution in [0.5, 0.6) is 0 Å². The fraction of sp³-hybridized carbons (Fsp3) is 0.600. The number of rotatable bonds is 3. The van der Waals surface area contributed by atoms with E-state index >= 15 is 0 Å². The van der Waals surface area contributed by atoms with Crippen molar-refractivity contribution in [2.45, 2.75) is 19.3 Å². The van der Waals surface area contributed by atoms with E-state index in [9.17, 15) is 4.79 Å². The lowest BCUT2D eigenvalue weighted by molar-refractivity contribution is 0.0948. The molecule has 4 heteroatoms. The van der Waals surface area contributed by atoms with Crippen molar-refractivity contribution in [3.63, 3.8) is 0 Å². The van der Waals surface area contributed by atoms with Crippen LogP contribution in [-0.2, 0) is 0 Å². The zero-order valence-electron chi connectivity index (χ0n) is 8.12. The van der Waals surface area contributed by atoms with Gasteiger partial charge in [-0.05, 0) is 31.8 Å². The Kier molecular flexibility index (Phi) is 2.93. The number of Topliss-reactive ketones (excluding diaryl/α,β-unsaturated/α-hetero) is 1. The van der Waals surface area contributed by atoms with Crippen LogP contribution in [-0.4, -0.2) is 28.8 Å². The van der Waals surface area contributed by atoms with Crippen molar-refractivity contribution in [3.8, 4) is 0 Å². The highest BCUT2D eigenvalue weighted by atomic mass is 16.1. The first-order chi connectivity index (χ1) is 6.86. The lowest BCUT2D eigenvalue weighted by atomic mass is 9.92. The molecule has 2 heterocycles. The Bertz CT molecular complexity index is 288. The molecule has 0 unspecified atom stereocenters. The number of aromatic nitrogens is 2. The van der Waals surface area contributed by atoms with Crippen molar-refractivity contribution < 1.29 is 4.79 Å². The molecule has 0 atom stereocenters. The van der Waals surface area contributed by atoms with Gasteiger partial charge < -0.3 is 10.3 Å². The Balaban J connectivity index is 1.87. The number of hydrogen-bond acceptors (Lipinski definition) is 3. The molecule has 1 aliphatic heterocycles. The second-order valence-corrected chi connectivity index (χ2v) is 3.79. The minimum atomic E-state index is 0.189. The molecule has 2 rings (SSSR count). The number of nitrogens with zero attached hydrogens (tertiary/aromatic N) is 1. The smallest absolute Gasteiger partial charge is 0.180 e. The number of carbonyl (C=O) groups is 1. The molecule has 1 aromatic rings. The van der Waals surface area contributed by atoms with E-state index in [0.717, 1.165) is 25.9 Å². The summed E-state index contributed by atoms with van der Waals surface area (Å²) in [7, 11) is 0. The Hall–Kier alpha value is -1.16. The summed E-state index contributed by atoms with van der Waals surface area (Å²) in [6.45, 7) is 2.09. The maximum absolute atomic E-state index is 11.7. The normalized spacial score (nSPS) is 18.3. The molecule has 14 heavy (non-hydrogen) atoms. The topological polar surface area (TPSA) is 57.8 Å². The fourth-order valence-corrected chi connectivity index (χ4v) is 1.87. The predicted octanol–water partition coefficient (Wildman–Crippen LogP) is 0.982. The van der Waals surface area contributed by atoms with Gasteiger partial charge in [-0.2, -0.15) is 0 Å². The summed E-state index contributed by atoms with van der Waals surface area (Å²) in [4.78, 5) is 18.4. The largest absolute Gasteiger partial charge is 0.342 e. The average molecular weight is 193 g/mol. The molecule has 2 N–H and O–H groups in total. The summed E-state index contributed by atoms with van der Waals surface area (Å²) >= 11 is 0. The molecule has 1 aromatic heterocycles. The van der Waals surface area contributed by atoms with Crippen LogP contribution in [0.25, 0.3) is 0 Å². The molecule has 0 aromatic carbocycles. The van der Waals surface area contributed by atoms with E-state index < -0.39 is 0 Å². The molecule has 0 bridgehead atoms. The van der Waals surface area contributed by atoms with E-state index in [0.29, 0.717) is 18.0 Å². The van der Waals surface area contributed by atoms with Crippen LogP contribution in [0.1, 0.15) is 29.8 Å². The summed E-state index contributed by atoms with van der Waals surface area (Å²) in [5.74, 6) is 0.737. The highest BCUT2D eigenvalue weighted by Gasteiger charge is 2.18. The molecule has 0 radical (unpaired) electrons. The third-order valence-electron chi connectivity index (χ3n) is 2.73. The lowest BCUT2D eigenvalue weighted by Crippen LogP contribution is -2.28. The molecule has 1 saturated heterocycles. The number of nitrogens with one attached hydrogen (secondary N) is 2. The Morgan fingerprint density at radius 2 is 2.29 bits per heavy atom. The number of imidazole rings is 1. The van der Waals surface area contributed by atoms with Crippen LogP contribution < -0.4 is 5.32 Å². The summed E-state index contributed by atoms with van der Waals surface area (Å²) in [6.07, 6.45) is 6.03. The van der Waals surface area contributed by atoms with E-state index in [-0.39, 0.29) is 5.78 Å². The minimum Gasteiger partial charge on any atom is -0.342 e. The standard InChI is InChI=1S/C10H15N3O/c14-10(9-6-12-7-13-9)5-8-1-3-11-4-2-8/h6-8,11H,1-5H2,(H,12,13). The van der Waals surface area contributed by atoms with Gasteiger partial charge in [-0.25, -0.2) is 4.98 Å². The van der Waals surface area contributed by atoms with Crippen molar-refractivity contribution in [2.75, 3.05) is 13.1 Å². The minimum absolute atomic E-state index is 0.189. The van der Waals surface area contributed by atoms with Gasteiger partial charge in [0.2, 0.25) is 0 Å². The summed E-state index contributed by atoms with van der Waals surface area (Å²) in [6, 6.07) is 0. The van der Waals surface area contributed by atoms with Crippen molar-refractivity contribution in [1.82, 2.24) is 15.3 Å². The molecule has 76 valence electrons. The summed E-state index contributed by atoms with van der Waals surface area (Å²) in [5, 5.41) is 3.29. The van der Waals surface area contributed by atoms with E-state index in [2.05, 4.69) is 15.3 Å². The van der Waals surface area contributed by atoms with Gasteiger partial charge in [0, 0.05) is 6.42 Å². The second kappa shape index (κ2) is 4.37. The average Bonchev–Trinajstić information content (AvgIpc) is 2.72. The quantitative estimate of drug-likeness (QED) is 0.703. The van der Waals surface area contributed by atoms with Crippen LogP contribution in [0.15, 0.2) is 12.5 Å². The fourth-order valence-electron chi connectivity index (χ4n) is 1.87. The lowest BCUT2D eigenvalue weighted by Gasteiger charge is -2.21. The number of H-pyrrole nitrogens is 1. The zero-order valence-corrected chi connectivity index (χ0v) is 8.12. The van der Waals surface area contributed by atoms with E-state index in [1.807, 2.05) is 0 Å². The highest BCUT2D eigenvalue weighted by Crippen LogP contribution is 2.17. The number of aromatic amines is 1. The van der Waals surface area contributed by atoms with Gasteiger partial charge in [0.25, 0.3) is 0 Å².